The predicted molar refractivity (Wildman–Crippen MR) is 68.8 cm³/mol. The molecule has 0 aliphatic heterocycles. The molecule has 0 saturated carbocycles. The number of nitrogens with one attached hydrogen (secondary N) is 1. The Morgan fingerprint density at radius 1 is 1.47 bits per heavy atom. The quantitative estimate of drug-likeness (QED) is 0.792. The lowest BCUT2D eigenvalue weighted by molar-refractivity contribution is 0.340. The van der Waals surface area contributed by atoms with Crippen molar-refractivity contribution in [2.75, 3.05) is 13.7 Å². The van der Waals surface area contributed by atoms with Crippen LogP contribution in [0.2, 0.25) is 0 Å². The summed E-state index contributed by atoms with van der Waals surface area (Å²) >= 11 is 0. The molecule has 0 aromatic heterocycles. The van der Waals surface area contributed by atoms with Crippen molar-refractivity contribution in [3.05, 3.63) is 41.2 Å². The highest BCUT2D eigenvalue weighted by Crippen LogP contribution is 2.21. The summed E-state index contributed by atoms with van der Waals surface area (Å²) in [4.78, 5) is 0. The standard InChI is InChI=1S/C14H20FNO/c1-10(2)7-8-17-14-6-5-12(9-13(14)15)11(3)16-4/h5-7,9,11,16H,8H2,1-4H3. The summed E-state index contributed by atoms with van der Waals surface area (Å²) in [5.74, 6) is -0.0127. The van der Waals surface area contributed by atoms with E-state index in [0.717, 1.165) is 11.1 Å². The third-order valence-corrected chi connectivity index (χ3v) is 2.62. The van der Waals surface area contributed by atoms with Gasteiger partial charge in [-0.3, -0.25) is 0 Å². The smallest absolute Gasteiger partial charge is 0.165 e. The molecule has 0 saturated heterocycles. The highest BCUT2D eigenvalue weighted by Gasteiger charge is 2.08. The van der Waals surface area contributed by atoms with Crippen LogP contribution < -0.4 is 10.1 Å². The maximum atomic E-state index is 13.7. The number of hydrogen-bond acceptors (Lipinski definition) is 2. The fourth-order valence-electron chi connectivity index (χ4n) is 1.37. The van der Waals surface area contributed by atoms with Crippen molar-refractivity contribution < 1.29 is 9.13 Å². The molecule has 0 bridgehead atoms. The van der Waals surface area contributed by atoms with Crippen molar-refractivity contribution in [1.82, 2.24) is 5.32 Å². The molecule has 0 spiro atoms. The van der Waals surface area contributed by atoms with Gasteiger partial charge in [-0.1, -0.05) is 11.6 Å². The van der Waals surface area contributed by atoms with Gasteiger partial charge in [0.15, 0.2) is 11.6 Å². The molecule has 3 heteroatoms. The summed E-state index contributed by atoms with van der Waals surface area (Å²) in [5.41, 5.74) is 2.07. The average molecular weight is 237 g/mol. The SMILES string of the molecule is CNC(C)c1ccc(OCC=C(C)C)c(F)c1. The topological polar surface area (TPSA) is 21.3 Å². The van der Waals surface area contributed by atoms with Crippen molar-refractivity contribution in [1.29, 1.82) is 0 Å². The third-order valence-electron chi connectivity index (χ3n) is 2.62. The van der Waals surface area contributed by atoms with E-state index in [1.54, 1.807) is 6.07 Å². The summed E-state index contributed by atoms with van der Waals surface area (Å²) in [5, 5.41) is 3.07. The van der Waals surface area contributed by atoms with Crippen LogP contribution >= 0.6 is 0 Å². The predicted octanol–water partition coefficient (Wildman–Crippen LogP) is 3.45. The van der Waals surface area contributed by atoms with E-state index in [4.69, 9.17) is 4.74 Å². The lowest BCUT2D eigenvalue weighted by Gasteiger charge is -2.12. The minimum absolute atomic E-state index is 0.135. The first-order chi connectivity index (χ1) is 8.04. The van der Waals surface area contributed by atoms with Gasteiger partial charge in [0.2, 0.25) is 0 Å². The van der Waals surface area contributed by atoms with Crippen molar-refractivity contribution in [3.63, 3.8) is 0 Å². The fourth-order valence-corrected chi connectivity index (χ4v) is 1.37. The molecular formula is C14H20FNO. The minimum Gasteiger partial charge on any atom is -0.486 e. The number of rotatable bonds is 5. The molecule has 0 amide bonds. The molecular weight excluding hydrogens is 217 g/mol. The van der Waals surface area contributed by atoms with Gasteiger partial charge in [0.1, 0.15) is 6.61 Å². The van der Waals surface area contributed by atoms with E-state index in [9.17, 15) is 4.39 Å². The average Bonchev–Trinajstić information content (AvgIpc) is 2.29. The Kier molecular flexibility index (Phi) is 5.16. The lowest BCUT2D eigenvalue weighted by atomic mass is 10.1. The molecule has 0 aliphatic carbocycles. The first-order valence-corrected chi connectivity index (χ1v) is 5.77. The van der Waals surface area contributed by atoms with Gasteiger partial charge in [-0.05, 0) is 51.6 Å². The fraction of sp³-hybridized carbons (Fsp3) is 0.429. The Balaban J connectivity index is 2.73. The molecule has 0 fully saturated rings. The Hall–Kier alpha value is -1.35. The largest absolute Gasteiger partial charge is 0.486 e. The molecule has 1 unspecified atom stereocenters. The van der Waals surface area contributed by atoms with Gasteiger partial charge in [-0.25, -0.2) is 4.39 Å². The molecule has 1 aromatic carbocycles. The maximum Gasteiger partial charge on any atom is 0.165 e. The number of hydrogen-bond donors (Lipinski definition) is 1. The van der Waals surface area contributed by atoms with E-state index in [0.29, 0.717) is 12.4 Å². The molecule has 1 N–H and O–H groups in total. The zero-order valence-corrected chi connectivity index (χ0v) is 10.9. The first kappa shape index (κ1) is 13.7. The van der Waals surface area contributed by atoms with Gasteiger partial charge in [0.25, 0.3) is 0 Å². The van der Waals surface area contributed by atoms with E-state index in [2.05, 4.69) is 5.32 Å². The van der Waals surface area contributed by atoms with Crippen molar-refractivity contribution in [2.24, 2.45) is 0 Å². The van der Waals surface area contributed by atoms with Crippen LogP contribution in [-0.4, -0.2) is 13.7 Å². The number of allylic oxidation sites excluding steroid dienone is 1. The first-order valence-electron chi connectivity index (χ1n) is 5.77. The Bertz CT molecular complexity index is 397. The molecule has 1 rings (SSSR count). The van der Waals surface area contributed by atoms with Crippen LogP contribution in [0.4, 0.5) is 4.39 Å². The minimum atomic E-state index is -0.313. The van der Waals surface area contributed by atoms with Crippen LogP contribution in [0.5, 0.6) is 5.75 Å². The van der Waals surface area contributed by atoms with E-state index in [1.807, 2.05) is 40.0 Å². The Labute approximate surface area is 102 Å². The molecule has 0 aliphatic rings. The number of halogens is 1. The molecule has 1 atom stereocenters. The molecule has 17 heavy (non-hydrogen) atoms. The molecule has 2 nitrogen and oxygen atoms in total. The van der Waals surface area contributed by atoms with Gasteiger partial charge in [0.05, 0.1) is 0 Å². The maximum absolute atomic E-state index is 13.7. The second-order valence-corrected chi connectivity index (χ2v) is 4.29. The summed E-state index contributed by atoms with van der Waals surface area (Å²) in [7, 11) is 1.85. The van der Waals surface area contributed by atoms with Crippen LogP contribution in [0, 0.1) is 5.82 Å². The molecule has 94 valence electrons. The van der Waals surface area contributed by atoms with Gasteiger partial charge >= 0.3 is 0 Å². The molecule has 0 heterocycles. The third kappa shape index (κ3) is 4.19. The normalized spacial score (nSPS) is 12.1. The van der Waals surface area contributed by atoms with Crippen LogP contribution in [0.1, 0.15) is 32.4 Å². The van der Waals surface area contributed by atoms with Crippen LogP contribution in [-0.2, 0) is 0 Å². The number of benzene rings is 1. The second-order valence-electron chi connectivity index (χ2n) is 4.29. The zero-order chi connectivity index (χ0) is 12.8. The Morgan fingerprint density at radius 2 is 2.18 bits per heavy atom. The number of ether oxygens (including phenoxy) is 1. The summed E-state index contributed by atoms with van der Waals surface area (Å²) < 4.78 is 19.0. The zero-order valence-electron chi connectivity index (χ0n) is 10.9. The van der Waals surface area contributed by atoms with Crippen LogP contribution in [0.15, 0.2) is 29.8 Å². The van der Waals surface area contributed by atoms with Crippen molar-refractivity contribution in [2.45, 2.75) is 26.8 Å². The summed E-state index contributed by atoms with van der Waals surface area (Å²) in [6.07, 6.45) is 1.92. The van der Waals surface area contributed by atoms with Crippen molar-refractivity contribution in [3.8, 4) is 5.75 Å². The summed E-state index contributed by atoms with van der Waals surface area (Å²) in [6, 6.07) is 5.20. The Morgan fingerprint density at radius 3 is 2.71 bits per heavy atom. The van der Waals surface area contributed by atoms with E-state index < -0.39 is 0 Å². The van der Waals surface area contributed by atoms with Gasteiger partial charge in [-0.2, -0.15) is 0 Å². The highest BCUT2D eigenvalue weighted by atomic mass is 19.1. The second kappa shape index (κ2) is 6.40. The van der Waals surface area contributed by atoms with E-state index >= 15 is 0 Å². The van der Waals surface area contributed by atoms with E-state index in [1.165, 1.54) is 6.07 Å². The molecule has 1 aromatic rings. The van der Waals surface area contributed by atoms with Crippen molar-refractivity contribution >= 4 is 0 Å². The van der Waals surface area contributed by atoms with Crippen LogP contribution in [0.25, 0.3) is 0 Å². The van der Waals surface area contributed by atoms with Gasteiger partial charge in [0, 0.05) is 6.04 Å². The van der Waals surface area contributed by atoms with Gasteiger partial charge in [-0.15, -0.1) is 0 Å². The highest BCUT2D eigenvalue weighted by molar-refractivity contribution is 5.31. The lowest BCUT2D eigenvalue weighted by Crippen LogP contribution is -2.12. The van der Waals surface area contributed by atoms with E-state index in [-0.39, 0.29) is 11.9 Å². The van der Waals surface area contributed by atoms with Crippen LogP contribution in [0.3, 0.4) is 0 Å². The summed E-state index contributed by atoms with van der Waals surface area (Å²) in [6.45, 7) is 6.35. The monoisotopic (exact) mass is 237 g/mol. The molecule has 0 radical (unpaired) electrons. The van der Waals surface area contributed by atoms with Gasteiger partial charge < -0.3 is 10.1 Å².